The number of benzene rings is 3. The van der Waals surface area contributed by atoms with Crippen LogP contribution in [0.25, 0.3) is 11.1 Å². The summed E-state index contributed by atoms with van der Waals surface area (Å²) in [6, 6.07) is 10.6. The largest absolute Gasteiger partial charge is 0.507 e. The summed E-state index contributed by atoms with van der Waals surface area (Å²) in [7, 11) is 0. The van der Waals surface area contributed by atoms with Gasteiger partial charge in [-0.15, -0.1) is 0 Å². The zero-order valence-electron chi connectivity index (χ0n) is 32.6. The number of aryl methyl sites for hydroxylation is 2. The first-order valence-electron chi connectivity index (χ1n) is 19.3. The van der Waals surface area contributed by atoms with Gasteiger partial charge in [-0.1, -0.05) is 50.5 Å². The molecule has 0 radical (unpaired) electrons. The average Bonchev–Trinajstić information content (AvgIpc) is 3.18. The Morgan fingerprint density at radius 3 is 2.37 bits per heavy atom. The number of aromatic hydroxyl groups is 2. The highest BCUT2D eigenvalue weighted by Gasteiger charge is 2.37. The van der Waals surface area contributed by atoms with Crippen LogP contribution in [-0.2, 0) is 32.0 Å². The lowest BCUT2D eigenvalue weighted by molar-refractivity contribution is -0.143. The Labute approximate surface area is 332 Å². The summed E-state index contributed by atoms with van der Waals surface area (Å²) >= 11 is 0. The third kappa shape index (κ3) is 11.3. The number of fused-ring (bicyclic) bond motifs is 5. The van der Waals surface area contributed by atoms with E-state index >= 15 is 0 Å². The summed E-state index contributed by atoms with van der Waals surface area (Å²) in [5, 5.41) is 51.7. The molecule has 4 bridgehead atoms. The summed E-state index contributed by atoms with van der Waals surface area (Å²) in [6.45, 7) is 4.02. The molecule has 4 rings (SSSR count). The van der Waals surface area contributed by atoms with Gasteiger partial charge in [-0.2, -0.15) is 5.26 Å². The smallest absolute Gasteiger partial charge is 0.252 e. The number of rotatable bonds is 15. The minimum absolute atomic E-state index is 0.0184. The van der Waals surface area contributed by atoms with E-state index in [1.165, 1.54) is 43.3 Å². The molecule has 0 fully saturated rings. The van der Waals surface area contributed by atoms with Crippen LogP contribution in [0.3, 0.4) is 0 Å². The first-order valence-corrected chi connectivity index (χ1v) is 19.3. The number of phenolic OH excluding ortho intramolecular Hbond substituents is 2. The number of carbonyl (C=O) groups excluding carboxylic acids is 5. The van der Waals surface area contributed by atoms with E-state index in [1.807, 2.05) is 25.1 Å². The van der Waals surface area contributed by atoms with Gasteiger partial charge in [-0.25, -0.2) is 0 Å². The molecule has 0 spiro atoms. The number of hydrogen-bond acceptors (Lipinski definition) is 10. The molecular weight excluding hydrogens is 731 g/mol. The topological polar surface area (TPSA) is 247 Å². The van der Waals surface area contributed by atoms with Gasteiger partial charge in [0, 0.05) is 29.7 Å². The predicted octanol–water partition coefficient (Wildman–Crippen LogP) is 2.39. The highest BCUT2D eigenvalue weighted by molar-refractivity contribution is 6.00. The summed E-state index contributed by atoms with van der Waals surface area (Å²) in [5.74, 6) is -4.10. The molecule has 0 saturated heterocycles. The maximum Gasteiger partial charge on any atom is 0.252 e. The Balaban J connectivity index is 1.76. The fourth-order valence-corrected chi connectivity index (χ4v) is 6.91. The first kappa shape index (κ1) is 43.7. The van der Waals surface area contributed by atoms with Crippen LogP contribution >= 0.6 is 0 Å². The van der Waals surface area contributed by atoms with Crippen LogP contribution in [0.1, 0.15) is 84.6 Å². The zero-order valence-corrected chi connectivity index (χ0v) is 32.6. The third-order valence-corrected chi connectivity index (χ3v) is 9.95. The number of unbranched alkanes of at least 4 members (excludes halogenated alkanes) is 3. The van der Waals surface area contributed by atoms with E-state index in [-0.39, 0.29) is 54.1 Å². The van der Waals surface area contributed by atoms with E-state index in [0.29, 0.717) is 11.1 Å². The second kappa shape index (κ2) is 20.8. The molecule has 1 aliphatic heterocycles. The number of nitriles is 1. The second-order valence-corrected chi connectivity index (χ2v) is 14.2. The van der Waals surface area contributed by atoms with E-state index in [0.717, 1.165) is 48.1 Å². The average molecular weight is 784 g/mol. The molecule has 0 aromatic heterocycles. The van der Waals surface area contributed by atoms with Crippen LogP contribution < -0.4 is 27.0 Å². The number of aliphatic hydroxyl groups excluding tert-OH is 1. The molecule has 0 aliphatic carbocycles. The lowest BCUT2D eigenvalue weighted by atomic mass is 9.93. The SMILES string of the molecule is CCCCCCc1ccc(C(=O)NC(CCN)C(=O)N(CCO)C2C(=O)NC(C)C(=O)NC(C(=O)NCC#N)Cc3ccc(O)c(c3)-c3cc2ccc3O)c(C)c1. The van der Waals surface area contributed by atoms with E-state index in [2.05, 4.69) is 28.2 Å². The van der Waals surface area contributed by atoms with Crippen LogP contribution in [0.5, 0.6) is 11.5 Å². The predicted molar refractivity (Wildman–Crippen MR) is 213 cm³/mol. The minimum Gasteiger partial charge on any atom is -0.507 e. The van der Waals surface area contributed by atoms with Crippen LogP contribution in [-0.4, -0.2) is 94.1 Å². The Hall–Kier alpha value is -5.98. The van der Waals surface area contributed by atoms with Gasteiger partial charge in [0.05, 0.1) is 12.7 Å². The van der Waals surface area contributed by atoms with Gasteiger partial charge in [0.25, 0.3) is 5.91 Å². The number of carbonyl (C=O) groups is 5. The van der Waals surface area contributed by atoms with Gasteiger partial charge in [0.15, 0.2) is 0 Å². The lowest BCUT2D eigenvalue weighted by Crippen LogP contribution is -2.57. The second-order valence-electron chi connectivity index (χ2n) is 14.2. The molecule has 3 aromatic rings. The molecule has 1 heterocycles. The number of hydrogen-bond donors (Lipinski definition) is 8. The molecule has 304 valence electrons. The summed E-state index contributed by atoms with van der Waals surface area (Å²) in [5.41, 5.74) is 8.93. The van der Waals surface area contributed by atoms with Crippen LogP contribution in [0.15, 0.2) is 54.6 Å². The number of nitrogens with zero attached hydrogens (tertiary/aromatic N) is 2. The molecule has 15 heteroatoms. The van der Waals surface area contributed by atoms with Crippen molar-refractivity contribution in [1.82, 2.24) is 26.2 Å². The summed E-state index contributed by atoms with van der Waals surface area (Å²) < 4.78 is 0. The standard InChI is InChI=1S/C42H53N7O8/c1-4-5-6-7-8-27-9-12-30(25(2)21-27)39(54)47-33(15-16-43)42(57)49(19-20-50)37-29-11-14-36(52)32(24-29)31-22-28(10-13-35(31)51)23-34(40(55)45-18-17-44)48-38(53)26(3)46-41(37)56/h9-14,21-22,24,26,33-34,37,50-52H,4-8,15-16,18-20,23,43H2,1-3H3,(H,45,55)(H,46,56)(H,47,54)(H,48,53). The van der Waals surface area contributed by atoms with Crippen molar-refractivity contribution in [2.75, 3.05) is 26.2 Å². The van der Waals surface area contributed by atoms with E-state index in [9.17, 15) is 39.3 Å². The molecule has 4 atom stereocenters. The molecule has 0 saturated carbocycles. The molecule has 1 aliphatic rings. The van der Waals surface area contributed by atoms with Gasteiger partial charge >= 0.3 is 0 Å². The van der Waals surface area contributed by atoms with E-state index in [4.69, 9.17) is 11.0 Å². The maximum absolute atomic E-state index is 14.6. The Morgan fingerprint density at radius 2 is 1.70 bits per heavy atom. The van der Waals surface area contributed by atoms with E-state index in [1.54, 1.807) is 6.07 Å². The zero-order chi connectivity index (χ0) is 41.6. The van der Waals surface area contributed by atoms with Crippen molar-refractivity contribution in [2.24, 2.45) is 5.73 Å². The normalized spacial score (nSPS) is 17.2. The van der Waals surface area contributed by atoms with Crippen molar-refractivity contribution in [2.45, 2.75) is 89.9 Å². The molecule has 9 N–H and O–H groups in total. The van der Waals surface area contributed by atoms with Crippen molar-refractivity contribution >= 4 is 29.5 Å². The van der Waals surface area contributed by atoms with Crippen LogP contribution in [0.2, 0.25) is 0 Å². The van der Waals surface area contributed by atoms with Crippen molar-refractivity contribution in [1.29, 1.82) is 5.26 Å². The third-order valence-electron chi connectivity index (χ3n) is 9.95. The van der Waals surface area contributed by atoms with Gasteiger partial charge in [-0.05, 0) is 92.2 Å². The summed E-state index contributed by atoms with van der Waals surface area (Å²) in [4.78, 5) is 70.3. The fourth-order valence-electron chi connectivity index (χ4n) is 6.91. The number of phenols is 2. The Kier molecular flexibility index (Phi) is 16.0. The van der Waals surface area contributed by atoms with E-state index < -0.39 is 66.9 Å². The van der Waals surface area contributed by atoms with Gasteiger partial charge < -0.3 is 47.2 Å². The number of aliphatic hydroxyl groups is 1. The monoisotopic (exact) mass is 783 g/mol. The molecule has 4 unspecified atom stereocenters. The maximum atomic E-state index is 14.6. The van der Waals surface area contributed by atoms with Crippen LogP contribution in [0.4, 0.5) is 0 Å². The van der Waals surface area contributed by atoms with Gasteiger partial charge in [0.2, 0.25) is 23.6 Å². The Morgan fingerprint density at radius 1 is 0.982 bits per heavy atom. The highest BCUT2D eigenvalue weighted by Crippen LogP contribution is 2.39. The van der Waals surface area contributed by atoms with Crippen LogP contribution in [0, 0.1) is 18.3 Å². The highest BCUT2D eigenvalue weighted by atomic mass is 16.3. The quantitative estimate of drug-likeness (QED) is 0.0826. The molecule has 15 nitrogen and oxygen atoms in total. The molecule has 3 aromatic carbocycles. The van der Waals surface area contributed by atoms with Gasteiger partial charge in [0.1, 0.15) is 42.2 Å². The molecule has 5 amide bonds. The first-order chi connectivity index (χ1) is 27.3. The van der Waals surface area contributed by atoms with Crippen molar-refractivity contribution in [3.8, 4) is 28.7 Å². The molecule has 57 heavy (non-hydrogen) atoms. The minimum atomic E-state index is -1.55. The Bertz CT molecular complexity index is 1980. The van der Waals surface area contributed by atoms with Gasteiger partial charge in [-0.3, -0.25) is 24.0 Å². The summed E-state index contributed by atoms with van der Waals surface area (Å²) in [6.07, 6.45) is 5.19. The number of nitrogens with two attached hydrogens (primary N) is 1. The number of nitrogens with one attached hydrogen (secondary N) is 4. The molecular formula is C42H53N7O8. The van der Waals surface area contributed by atoms with Crippen molar-refractivity contribution in [3.05, 3.63) is 82.4 Å². The van der Waals surface area contributed by atoms with Crippen molar-refractivity contribution < 1.29 is 39.3 Å². The number of amides is 5. The van der Waals surface area contributed by atoms with Crippen molar-refractivity contribution in [3.63, 3.8) is 0 Å². The fraction of sp³-hybridized carbons (Fsp3) is 0.429. The lowest BCUT2D eigenvalue weighted by Gasteiger charge is -2.35.